The van der Waals surface area contributed by atoms with E-state index in [1.807, 2.05) is 6.92 Å². The van der Waals surface area contributed by atoms with E-state index in [2.05, 4.69) is 22.4 Å². The van der Waals surface area contributed by atoms with Gasteiger partial charge in [0.1, 0.15) is 0 Å². The van der Waals surface area contributed by atoms with Crippen LogP contribution in [-0.4, -0.2) is 22.7 Å². The van der Waals surface area contributed by atoms with Gasteiger partial charge in [0, 0.05) is 25.4 Å². The highest BCUT2D eigenvalue weighted by atomic mass is 16.5. The molecular formula is C12H21N3O. The van der Waals surface area contributed by atoms with E-state index in [9.17, 15) is 0 Å². The number of aromatic nitrogens is 2. The molecule has 1 atom stereocenters. The fourth-order valence-electron chi connectivity index (χ4n) is 1.90. The highest BCUT2D eigenvalue weighted by Crippen LogP contribution is 2.33. The predicted molar refractivity (Wildman–Crippen MR) is 62.2 cm³/mol. The van der Waals surface area contributed by atoms with Crippen LogP contribution in [0.3, 0.4) is 0 Å². The number of nitrogens with zero attached hydrogens (tertiary/aromatic N) is 2. The molecule has 1 heterocycles. The Morgan fingerprint density at radius 3 is 2.94 bits per heavy atom. The molecule has 1 saturated carbocycles. The fourth-order valence-corrected chi connectivity index (χ4v) is 1.90. The van der Waals surface area contributed by atoms with E-state index >= 15 is 0 Å². The Morgan fingerprint density at radius 2 is 2.31 bits per heavy atom. The van der Waals surface area contributed by atoms with Gasteiger partial charge in [-0.15, -0.1) is 0 Å². The highest BCUT2D eigenvalue weighted by molar-refractivity contribution is 4.87. The molecule has 16 heavy (non-hydrogen) atoms. The van der Waals surface area contributed by atoms with Crippen LogP contribution in [-0.2, 0) is 12.8 Å². The van der Waals surface area contributed by atoms with Gasteiger partial charge in [-0.1, -0.05) is 24.9 Å². The van der Waals surface area contributed by atoms with E-state index in [0.717, 1.165) is 37.0 Å². The van der Waals surface area contributed by atoms with Gasteiger partial charge >= 0.3 is 0 Å². The van der Waals surface area contributed by atoms with Crippen molar-refractivity contribution in [1.29, 1.82) is 0 Å². The van der Waals surface area contributed by atoms with Crippen LogP contribution in [0.25, 0.3) is 0 Å². The maximum atomic E-state index is 5.06. The van der Waals surface area contributed by atoms with Gasteiger partial charge in [0.05, 0.1) is 0 Å². The second kappa shape index (κ2) is 5.43. The summed E-state index contributed by atoms with van der Waals surface area (Å²) in [7, 11) is 0. The Kier molecular flexibility index (Phi) is 3.93. The molecule has 1 aliphatic rings. The maximum Gasteiger partial charge on any atom is 0.226 e. The Hall–Kier alpha value is -0.900. The molecule has 0 spiro atoms. The first-order valence-electron chi connectivity index (χ1n) is 6.32. The highest BCUT2D eigenvalue weighted by Gasteiger charge is 2.23. The lowest BCUT2D eigenvalue weighted by Crippen LogP contribution is -2.28. The number of aryl methyl sites for hydroxylation is 1. The molecule has 1 fully saturated rings. The predicted octanol–water partition coefficient (Wildman–Crippen LogP) is 1.95. The largest absolute Gasteiger partial charge is 0.339 e. The Balaban J connectivity index is 1.62. The van der Waals surface area contributed by atoms with E-state index in [1.54, 1.807) is 0 Å². The Labute approximate surface area is 96.8 Å². The molecule has 90 valence electrons. The molecule has 0 aromatic carbocycles. The van der Waals surface area contributed by atoms with Gasteiger partial charge in [-0.2, -0.15) is 4.98 Å². The molecule has 0 radical (unpaired) electrons. The molecule has 0 amide bonds. The van der Waals surface area contributed by atoms with E-state index in [-0.39, 0.29) is 0 Å². The minimum atomic E-state index is 0.616. The monoisotopic (exact) mass is 223 g/mol. The van der Waals surface area contributed by atoms with Gasteiger partial charge in [-0.3, -0.25) is 0 Å². The smallest absolute Gasteiger partial charge is 0.226 e. The van der Waals surface area contributed by atoms with Crippen molar-refractivity contribution in [3.05, 3.63) is 11.7 Å². The van der Waals surface area contributed by atoms with Gasteiger partial charge in [0.15, 0.2) is 5.82 Å². The van der Waals surface area contributed by atoms with Crippen LogP contribution in [0.1, 0.15) is 44.8 Å². The summed E-state index contributed by atoms with van der Waals surface area (Å²) >= 11 is 0. The van der Waals surface area contributed by atoms with Gasteiger partial charge < -0.3 is 9.84 Å². The number of nitrogens with one attached hydrogen (secondary N) is 1. The third kappa shape index (κ3) is 3.59. The van der Waals surface area contributed by atoms with Crippen LogP contribution in [0.2, 0.25) is 0 Å². The minimum Gasteiger partial charge on any atom is -0.339 e. The average Bonchev–Trinajstić information content (AvgIpc) is 2.96. The fraction of sp³-hybridized carbons (Fsp3) is 0.833. The number of hydrogen-bond acceptors (Lipinski definition) is 4. The summed E-state index contributed by atoms with van der Waals surface area (Å²) in [6, 6.07) is 0.616. The molecule has 1 unspecified atom stereocenters. The quantitative estimate of drug-likeness (QED) is 0.767. The molecule has 1 aliphatic carbocycles. The summed E-state index contributed by atoms with van der Waals surface area (Å²) in [4.78, 5) is 4.28. The van der Waals surface area contributed by atoms with Crippen molar-refractivity contribution in [2.45, 2.75) is 52.0 Å². The minimum absolute atomic E-state index is 0.616. The van der Waals surface area contributed by atoms with Crippen molar-refractivity contribution >= 4 is 0 Å². The van der Waals surface area contributed by atoms with Crippen molar-refractivity contribution in [2.24, 2.45) is 5.92 Å². The second-order valence-electron chi connectivity index (χ2n) is 4.74. The summed E-state index contributed by atoms with van der Waals surface area (Å²) in [5.74, 6) is 2.54. The molecule has 4 nitrogen and oxygen atoms in total. The summed E-state index contributed by atoms with van der Waals surface area (Å²) in [5, 5.41) is 7.44. The molecule has 4 heteroatoms. The van der Waals surface area contributed by atoms with Crippen molar-refractivity contribution in [1.82, 2.24) is 15.5 Å². The number of hydrogen-bond donors (Lipinski definition) is 1. The van der Waals surface area contributed by atoms with E-state index in [1.165, 1.54) is 19.3 Å². The lowest BCUT2D eigenvalue weighted by molar-refractivity contribution is 0.375. The molecule has 0 bridgehead atoms. The summed E-state index contributed by atoms with van der Waals surface area (Å²) in [5.41, 5.74) is 0. The first-order valence-corrected chi connectivity index (χ1v) is 6.32. The lowest BCUT2D eigenvalue weighted by Gasteiger charge is -2.11. The summed E-state index contributed by atoms with van der Waals surface area (Å²) in [6.45, 7) is 5.22. The topological polar surface area (TPSA) is 51.0 Å². The van der Waals surface area contributed by atoms with Gasteiger partial charge in [0.25, 0.3) is 0 Å². The van der Waals surface area contributed by atoms with Crippen molar-refractivity contribution < 1.29 is 4.52 Å². The van der Waals surface area contributed by atoms with Gasteiger partial charge in [-0.05, 0) is 19.3 Å². The van der Waals surface area contributed by atoms with Crippen LogP contribution in [0.5, 0.6) is 0 Å². The van der Waals surface area contributed by atoms with E-state index in [4.69, 9.17) is 4.52 Å². The zero-order valence-electron chi connectivity index (χ0n) is 10.2. The zero-order valence-corrected chi connectivity index (χ0v) is 10.2. The molecule has 1 aromatic heterocycles. The number of rotatable bonds is 7. The van der Waals surface area contributed by atoms with E-state index < -0.39 is 0 Å². The van der Waals surface area contributed by atoms with Crippen LogP contribution < -0.4 is 5.32 Å². The molecule has 2 rings (SSSR count). The molecular weight excluding hydrogens is 202 g/mol. The van der Waals surface area contributed by atoms with Crippen molar-refractivity contribution in [3.8, 4) is 0 Å². The summed E-state index contributed by atoms with van der Waals surface area (Å²) in [6.07, 6.45) is 5.84. The third-order valence-electron chi connectivity index (χ3n) is 3.04. The van der Waals surface area contributed by atoms with Crippen LogP contribution in [0.4, 0.5) is 0 Å². The van der Waals surface area contributed by atoms with E-state index in [0.29, 0.717) is 6.04 Å². The third-order valence-corrected chi connectivity index (χ3v) is 3.04. The average molecular weight is 223 g/mol. The Bertz CT molecular complexity index is 320. The maximum absolute atomic E-state index is 5.06. The Morgan fingerprint density at radius 1 is 1.50 bits per heavy atom. The van der Waals surface area contributed by atoms with Gasteiger partial charge in [-0.25, -0.2) is 0 Å². The SMILES string of the molecule is CCc1nc(CCNC(C)CC2CC2)no1. The first-order chi connectivity index (χ1) is 7.78. The zero-order chi connectivity index (χ0) is 11.4. The first kappa shape index (κ1) is 11.6. The van der Waals surface area contributed by atoms with Crippen LogP contribution in [0, 0.1) is 5.92 Å². The normalized spacial score (nSPS) is 17.6. The molecule has 0 aliphatic heterocycles. The van der Waals surface area contributed by atoms with Crippen molar-refractivity contribution in [2.75, 3.05) is 6.54 Å². The molecule has 0 saturated heterocycles. The van der Waals surface area contributed by atoms with Crippen LogP contribution >= 0.6 is 0 Å². The lowest BCUT2D eigenvalue weighted by atomic mass is 10.1. The summed E-state index contributed by atoms with van der Waals surface area (Å²) < 4.78 is 5.06. The standard InChI is InChI=1S/C12H21N3O/c1-3-12-14-11(15-16-12)6-7-13-9(2)8-10-4-5-10/h9-10,13H,3-8H2,1-2H3. The van der Waals surface area contributed by atoms with Crippen LogP contribution in [0.15, 0.2) is 4.52 Å². The molecule has 1 N–H and O–H groups in total. The van der Waals surface area contributed by atoms with Crippen molar-refractivity contribution in [3.63, 3.8) is 0 Å². The molecule has 1 aromatic rings. The second-order valence-corrected chi connectivity index (χ2v) is 4.74. The van der Waals surface area contributed by atoms with Gasteiger partial charge in [0.2, 0.25) is 5.89 Å².